The van der Waals surface area contributed by atoms with Crippen LogP contribution in [0, 0.1) is 0 Å². The van der Waals surface area contributed by atoms with Gasteiger partial charge in [-0.05, 0) is 60.2 Å². The fraction of sp³-hybridized carbons (Fsp3) is 0.353. The van der Waals surface area contributed by atoms with Gasteiger partial charge < -0.3 is 15.6 Å². The van der Waals surface area contributed by atoms with E-state index in [0.717, 1.165) is 29.4 Å². The standard InChI is InChI=1S/C17H19NO3/c18-17(20)16(19)13-6-5-12-10-15(8-7-11(12)9-13)21-14-3-1-2-4-14/h5-10,14,16,19H,1-4H2,(H2,18,20). The van der Waals surface area contributed by atoms with Gasteiger partial charge in [0.15, 0.2) is 6.10 Å². The van der Waals surface area contributed by atoms with Gasteiger partial charge in [0.25, 0.3) is 5.91 Å². The zero-order valence-electron chi connectivity index (χ0n) is 11.8. The molecule has 0 bridgehead atoms. The molecular weight excluding hydrogens is 266 g/mol. The zero-order chi connectivity index (χ0) is 14.8. The molecule has 1 saturated carbocycles. The summed E-state index contributed by atoms with van der Waals surface area (Å²) in [5, 5.41) is 11.7. The largest absolute Gasteiger partial charge is 0.490 e. The van der Waals surface area contributed by atoms with E-state index in [1.807, 2.05) is 24.3 Å². The van der Waals surface area contributed by atoms with Crippen molar-refractivity contribution in [2.45, 2.75) is 37.9 Å². The number of primary amides is 1. The summed E-state index contributed by atoms with van der Waals surface area (Å²) in [6, 6.07) is 11.2. The summed E-state index contributed by atoms with van der Waals surface area (Å²) in [5.41, 5.74) is 5.63. The lowest BCUT2D eigenvalue weighted by Gasteiger charge is -2.14. The number of carbonyl (C=O) groups excluding carboxylic acids is 1. The van der Waals surface area contributed by atoms with E-state index in [-0.39, 0.29) is 0 Å². The van der Waals surface area contributed by atoms with Crippen LogP contribution < -0.4 is 10.5 Å². The maximum Gasteiger partial charge on any atom is 0.250 e. The van der Waals surface area contributed by atoms with Gasteiger partial charge in [-0.25, -0.2) is 0 Å². The number of ether oxygens (including phenoxy) is 1. The Morgan fingerprint density at radius 1 is 1.14 bits per heavy atom. The van der Waals surface area contributed by atoms with E-state index in [9.17, 15) is 9.90 Å². The van der Waals surface area contributed by atoms with Gasteiger partial charge in [0.2, 0.25) is 0 Å². The Labute approximate surface area is 123 Å². The second-order valence-corrected chi connectivity index (χ2v) is 5.60. The predicted molar refractivity (Wildman–Crippen MR) is 81.0 cm³/mol. The third-order valence-corrected chi connectivity index (χ3v) is 4.03. The summed E-state index contributed by atoms with van der Waals surface area (Å²) in [5.74, 6) is 0.133. The first-order valence-corrected chi connectivity index (χ1v) is 7.31. The van der Waals surface area contributed by atoms with Crippen LogP contribution in [-0.2, 0) is 4.79 Å². The summed E-state index contributed by atoms with van der Waals surface area (Å²) in [7, 11) is 0. The number of fused-ring (bicyclic) bond motifs is 1. The molecule has 2 aromatic rings. The van der Waals surface area contributed by atoms with Crippen LogP contribution in [0.5, 0.6) is 5.75 Å². The zero-order valence-corrected chi connectivity index (χ0v) is 11.8. The van der Waals surface area contributed by atoms with Gasteiger partial charge >= 0.3 is 0 Å². The number of aliphatic hydroxyl groups is 1. The van der Waals surface area contributed by atoms with Crippen molar-refractivity contribution in [1.29, 1.82) is 0 Å². The summed E-state index contributed by atoms with van der Waals surface area (Å²) >= 11 is 0. The molecule has 2 aromatic carbocycles. The quantitative estimate of drug-likeness (QED) is 0.907. The first-order valence-electron chi connectivity index (χ1n) is 7.31. The Kier molecular flexibility index (Phi) is 3.80. The van der Waals surface area contributed by atoms with E-state index < -0.39 is 12.0 Å². The molecule has 1 aliphatic rings. The van der Waals surface area contributed by atoms with Crippen LogP contribution in [0.4, 0.5) is 0 Å². The average molecular weight is 285 g/mol. The Balaban J connectivity index is 1.85. The molecule has 0 aliphatic heterocycles. The fourth-order valence-electron chi connectivity index (χ4n) is 2.85. The number of rotatable bonds is 4. The monoisotopic (exact) mass is 285 g/mol. The second kappa shape index (κ2) is 5.74. The molecule has 1 fully saturated rings. The Morgan fingerprint density at radius 2 is 1.81 bits per heavy atom. The number of hydrogen-bond acceptors (Lipinski definition) is 3. The SMILES string of the molecule is NC(=O)C(O)c1ccc2cc(OC3CCCC3)ccc2c1. The van der Waals surface area contributed by atoms with Crippen LogP contribution in [0.1, 0.15) is 37.4 Å². The van der Waals surface area contributed by atoms with Crippen molar-refractivity contribution in [3.63, 3.8) is 0 Å². The highest BCUT2D eigenvalue weighted by molar-refractivity contribution is 5.87. The molecule has 0 heterocycles. The van der Waals surface area contributed by atoms with Gasteiger partial charge in [0.05, 0.1) is 6.10 Å². The molecule has 0 aromatic heterocycles. The molecule has 3 N–H and O–H groups in total. The minimum atomic E-state index is -1.26. The number of nitrogens with two attached hydrogens (primary N) is 1. The van der Waals surface area contributed by atoms with Gasteiger partial charge in [-0.3, -0.25) is 4.79 Å². The van der Waals surface area contributed by atoms with E-state index in [1.165, 1.54) is 12.8 Å². The van der Waals surface area contributed by atoms with Gasteiger partial charge in [-0.15, -0.1) is 0 Å². The lowest BCUT2D eigenvalue weighted by atomic mass is 10.0. The smallest absolute Gasteiger partial charge is 0.250 e. The lowest BCUT2D eigenvalue weighted by molar-refractivity contribution is -0.126. The molecule has 1 unspecified atom stereocenters. The number of aliphatic hydroxyl groups excluding tert-OH is 1. The van der Waals surface area contributed by atoms with Crippen molar-refractivity contribution in [1.82, 2.24) is 0 Å². The van der Waals surface area contributed by atoms with Crippen molar-refractivity contribution < 1.29 is 14.6 Å². The first-order chi connectivity index (χ1) is 10.1. The molecule has 0 radical (unpaired) electrons. The number of benzene rings is 2. The molecule has 1 aliphatic carbocycles. The molecule has 1 atom stereocenters. The minimum absolute atomic E-state index is 0.332. The maximum atomic E-state index is 11.0. The highest BCUT2D eigenvalue weighted by Crippen LogP contribution is 2.28. The molecule has 3 rings (SSSR count). The molecule has 110 valence electrons. The molecule has 1 amide bonds. The van der Waals surface area contributed by atoms with Crippen LogP contribution in [0.15, 0.2) is 36.4 Å². The third-order valence-electron chi connectivity index (χ3n) is 4.03. The highest BCUT2D eigenvalue weighted by Gasteiger charge is 2.17. The maximum absolute atomic E-state index is 11.0. The highest BCUT2D eigenvalue weighted by atomic mass is 16.5. The number of amides is 1. The summed E-state index contributed by atoms with van der Waals surface area (Å²) < 4.78 is 5.98. The normalized spacial score (nSPS) is 17.0. The Bertz CT molecular complexity index is 662. The van der Waals surface area contributed by atoms with Crippen molar-refractivity contribution in [3.05, 3.63) is 42.0 Å². The Morgan fingerprint density at radius 3 is 2.52 bits per heavy atom. The third kappa shape index (κ3) is 3.00. The molecule has 4 heteroatoms. The molecule has 0 saturated heterocycles. The van der Waals surface area contributed by atoms with Crippen LogP contribution >= 0.6 is 0 Å². The van der Waals surface area contributed by atoms with E-state index in [4.69, 9.17) is 10.5 Å². The second-order valence-electron chi connectivity index (χ2n) is 5.60. The summed E-state index contributed by atoms with van der Waals surface area (Å²) in [4.78, 5) is 11.0. The summed E-state index contributed by atoms with van der Waals surface area (Å²) in [6.45, 7) is 0. The van der Waals surface area contributed by atoms with E-state index in [2.05, 4.69) is 0 Å². The summed E-state index contributed by atoms with van der Waals surface area (Å²) in [6.07, 6.45) is 3.81. The molecule has 0 spiro atoms. The van der Waals surface area contributed by atoms with E-state index in [1.54, 1.807) is 12.1 Å². The number of hydrogen-bond donors (Lipinski definition) is 2. The van der Waals surface area contributed by atoms with Gasteiger partial charge in [-0.1, -0.05) is 18.2 Å². The van der Waals surface area contributed by atoms with Crippen molar-refractivity contribution in [2.75, 3.05) is 0 Å². The Hall–Kier alpha value is -2.07. The fourth-order valence-corrected chi connectivity index (χ4v) is 2.85. The van der Waals surface area contributed by atoms with Gasteiger partial charge in [-0.2, -0.15) is 0 Å². The van der Waals surface area contributed by atoms with Crippen LogP contribution in [0.2, 0.25) is 0 Å². The predicted octanol–water partition coefficient (Wildman–Crippen LogP) is 2.68. The van der Waals surface area contributed by atoms with Crippen molar-refractivity contribution in [2.24, 2.45) is 5.73 Å². The molecule has 21 heavy (non-hydrogen) atoms. The van der Waals surface area contributed by atoms with E-state index >= 15 is 0 Å². The van der Waals surface area contributed by atoms with Crippen molar-refractivity contribution >= 4 is 16.7 Å². The van der Waals surface area contributed by atoms with Crippen molar-refractivity contribution in [3.8, 4) is 5.75 Å². The van der Waals surface area contributed by atoms with Crippen LogP contribution in [-0.4, -0.2) is 17.1 Å². The molecular formula is C17H19NO3. The van der Waals surface area contributed by atoms with Crippen LogP contribution in [0.3, 0.4) is 0 Å². The number of carbonyl (C=O) groups is 1. The average Bonchev–Trinajstić information content (AvgIpc) is 2.98. The van der Waals surface area contributed by atoms with Crippen LogP contribution in [0.25, 0.3) is 10.8 Å². The molecule has 4 nitrogen and oxygen atoms in total. The topological polar surface area (TPSA) is 72.6 Å². The van der Waals surface area contributed by atoms with Gasteiger partial charge in [0.1, 0.15) is 5.75 Å². The minimum Gasteiger partial charge on any atom is -0.490 e. The lowest BCUT2D eigenvalue weighted by Crippen LogP contribution is -2.20. The van der Waals surface area contributed by atoms with E-state index in [0.29, 0.717) is 11.7 Å². The first kappa shape index (κ1) is 13.9. The van der Waals surface area contributed by atoms with Gasteiger partial charge in [0, 0.05) is 0 Å².